The van der Waals surface area contributed by atoms with Gasteiger partial charge in [-0.05, 0) is 51.2 Å². The molecule has 2 heterocycles. The van der Waals surface area contributed by atoms with Gasteiger partial charge in [0.2, 0.25) is 0 Å². The molecule has 1 saturated heterocycles. The second kappa shape index (κ2) is 8.33. The summed E-state index contributed by atoms with van der Waals surface area (Å²) < 4.78 is 2.10. The summed E-state index contributed by atoms with van der Waals surface area (Å²) in [5.74, 6) is -0.339. The Bertz CT molecular complexity index is 1000. The maximum absolute atomic E-state index is 13.2. The number of amides is 3. The van der Waals surface area contributed by atoms with Gasteiger partial charge >= 0.3 is 6.03 Å². The van der Waals surface area contributed by atoms with Crippen LogP contribution in [-0.4, -0.2) is 39.3 Å². The maximum atomic E-state index is 13.2. The molecule has 1 N–H and O–H groups in total. The van der Waals surface area contributed by atoms with E-state index in [0.717, 1.165) is 47.5 Å². The van der Waals surface area contributed by atoms with Gasteiger partial charge in [0.25, 0.3) is 5.91 Å². The Hall–Kier alpha value is -2.89. The second-order valence-electron chi connectivity index (χ2n) is 9.14. The van der Waals surface area contributed by atoms with Gasteiger partial charge < -0.3 is 9.88 Å². The van der Waals surface area contributed by atoms with Gasteiger partial charge in [0, 0.05) is 23.5 Å². The molecular weight excluding hydrogens is 390 g/mol. The SMILES string of the molecule is Cc1cc(C(=O)CN2C(=O)NC(C)(C3CCCCC3)C2=O)c(C)n1Cc1ccccc1. The van der Waals surface area contributed by atoms with E-state index in [1.165, 1.54) is 6.42 Å². The van der Waals surface area contributed by atoms with Gasteiger partial charge in [-0.15, -0.1) is 0 Å². The van der Waals surface area contributed by atoms with Crippen LogP contribution in [0.2, 0.25) is 0 Å². The number of nitrogens with one attached hydrogen (secondary N) is 1. The Morgan fingerprint density at radius 3 is 2.45 bits per heavy atom. The molecule has 1 unspecified atom stereocenters. The number of Topliss-reactive ketones (excluding diaryl/α,β-unsaturated/α-hetero) is 1. The topological polar surface area (TPSA) is 71.4 Å². The van der Waals surface area contributed by atoms with E-state index in [-0.39, 0.29) is 24.2 Å². The van der Waals surface area contributed by atoms with Crippen molar-refractivity contribution in [1.82, 2.24) is 14.8 Å². The van der Waals surface area contributed by atoms with Crippen LogP contribution in [0.1, 0.15) is 66.3 Å². The van der Waals surface area contributed by atoms with Gasteiger partial charge in [0.1, 0.15) is 5.54 Å². The number of carbonyl (C=O) groups is 3. The number of hydrogen-bond acceptors (Lipinski definition) is 3. The molecule has 1 saturated carbocycles. The first-order valence-electron chi connectivity index (χ1n) is 11.2. The zero-order valence-electron chi connectivity index (χ0n) is 18.6. The number of carbonyl (C=O) groups excluding carboxylic acids is 3. The van der Waals surface area contributed by atoms with Crippen molar-refractivity contribution in [2.45, 2.75) is 65.0 Å². The zero-order valence-corrected chi connectivity index (χ0v) is 18.6. The van der Waals surface area contributed by atoms with Crippen LogP contribution in [-0.2, 0) is 11.3 Å². The fourth-order valence-corrected chi connectivity index (χ4v) is 5.14. The molecule has 0 spiro atoms. The predicted molar refractivity (Wildman–Crippen MR) is 119 cm³/mol. The number of aromatic nitrogens is 1. The van der Waals surface area contributed by atoms with E-state index in [4.69, 9.17) is 0 Å². The van der Waals surface area contributed by atoms with Crippen LogP contribution in [0.3, 0.4) is 0 Å². The summed E-state index contributed by atoms with van der Waals surface area (Å²) in [5.41, 5.74) is 2.66. The molecule has 1 atom stereocenters. The highest BCUT2D eigenvalue weighted by atomic mass is 16.2. The van der Waals surface area contributed by atoms with Crippen LogP contribution in [0.25, 0.3) is 0 Å². The molecule has 6 nitrogen and oxygen atoms in total. The van der Waals surface area contributed by atoms with Crippen molar-refractivity contribution < 1.29 is 14.4 Å². The maximum Gasteiger partial charge on any atom is 0.325 e. The smallest absolute Gasteiger partial charge is 0.325 e. The third-order valence-electron chi connectivity index (χ3n) is 7.08. The number of hydrogen-bond donors (Lipinski definition) is 1. The standard InChI is InChI=1S/C25H31N3O3/c1-17-14-21(18(2)27(17)15-19-10-6-4-7-11-19)22(29)16-28-23(30)25(3,26-24(28)31)20-12-8-5-9-13-20/h4,6-7,10-11,14,20H,5,8-9,12-13,15-16H2,1-3H3,(H,26,31). The number of urea groups is 1. The van der Waals surface area contributed by atoms with Crippen molar-refractivity contribution in [1.29, 1.82) is 0 Å². The zero-order chi connectivity index (χ0) is 22.2. The molecule has 0 radical (unpaired) electrons. The van der Waals surface area contributed by atoms with Gasteiger partial charge in [-0.3, -0.25) is 14.5 Å². The molecule has 0 bridgehead atoms. The van der Waals surface area contributed by atoms with Gasteiger partial charge in [-0.25, -0.2) is 4.79 Å². The van der Waals surface area contributed by atoms with E-state index >= 15 is 0 Å². The monoisotopic (exact) mass is 421 g/mol. The predicted octanol–water partition coefficient (Wildman–Crippen LogP) is 4.23. The molecule has 1 aliphatic heterocycles. The number of rotatable bonds is 6. The van der Waals surface area contributed by atoms with Crippen molar-refractivity contribution in [2.75, 3.05) is 6.54 Å². The molecule has 3 amide bonds. The van der Waals surface area contributed by atoms with Crippen LogP contribution in [0.5, 0.6) is 0 Å². The van der Waals surface area contributed by atoms with Crippen LogP contribution in [0, 0.1) is 19.8 Å². The summed E-state index contributed by atoms with van der Waals surface area (Å²) in [7, 11) is 0. The molecule has 1 aromatic heterocycles. The first kappa shape index (κ1) is 21.3. The highest BCUT2D eigenvalue weighted by Gasteiger charge is 2.52. The van der Waals surface area contributed by atoms with E-state index in [1.54, 1.807) is 0 Å². The van der Waals surface area contributed by atoms with E-state index in [9.17, 15) is 14.4 Å². The van der Waals surface area contributed by atoms with Gasteiger partial charge in [0.15, 0.2) is 5.78 Å². The normalized spacial score (nSPS) is 22.1. The Kier molecular flexibility index (Phi) is 5.73. The summed E-state index contributed by atoms with van der Waals surface area (Å²) in [6, 6.07) is 11.5. The third-order valence-corrected chi connectivity index (χ3v) is 7.08. The lowest BCUT2D eigenvalue weighted by Crippen LogP contribution is -2.51. The minimum absolute atomic E-state index is 0.133. The molecule has 1 aliphatic carbocycles. The van der Waals surface area contributed by atoms with E-state index in [1.807, 2.05) is 45.0 Å². The lowest BCUT2D eigenvalue weighted by molar-refractivity contribution is -0.132. The third kappa shape index (κ3) is 3.91. The molecule has 4 rings (SSSR count). The van der Waals surface area contributed by atoms with Gasteiger partial charge in [-0.2, -0.15) is 0 Å². The lowest BCUT2D eigenvalue weighted by atomic mass is 9.75. The van der Waals surface area contributed by atoms with Crippen LogP contribution in [0.15, 0.2) is 36.4 Å². The van der Waals surface area contributed by atoms with Gasteiger partial charge in [0.05, 0.1) is 6.54 Å². The average molecular weight is 422 g/mol. The highest BCUT2D eigenvalue weighted by molar-refractivity contribution is 6.11. The summed E-state index contributed by atoms with van der Waals surface area (Å²) >= 11 is 0. The van der Waals surface area contributed by atoms with E-state index < -0.39 is 11.6 Å². The fraction of sp³-hybridized carbons (Fsp3) is 0.480. The van der Waals surface area contributed by atoms with Crippen LogP contribution < -0.4 is 5.32 Å². The quantitative estimate of drug-likeness (QED) is 0.561. The molecule has 6 heteroatoms. The van der Waals surface area contributed by atoms with E-state index in [0.29, 0.717) is 12.1 Å². The minimum atomic E-state index is -0.901. The highest BCUT2D eigenvalue weighted by Crippen LogP contribution is 2.36. The molecule has 2 aliphatic rings. The Balaban J connectivity index is 1.51. The first-order chi connectivity index (χ1) is 14.8. The summed E-state index contributed by atoms with van der Waals surface area (Å²) in [6.07, 6.45) is 5.21. The number of benzene rings is 1. The average Bonchev–Trinajstić information content (AvgIpc) is 3.17. The first-order valence-corrected chi connectivity index (χ1v) is 11.2. The minimum Gasteiger partial charge on any atom is -0.344 e. The van der Waals surface area contributed by atoms with E-state index in [2.05, 4.69) is 22.0 Å². The number of ketones is 1. The lowest BCUT2D eigenvalue weighted by Gasteiger charge is -2.34. The molecule has 31 heavy (non-hydrogen) atoms. The summed E-state index contributed by atoms with van der Waals surface area (Å²) in [5, 5.41) is 2.90. The molecular formula is C25H31N3O3. The van der Waals surface area contributed by atoms with Crippen molar-refractivity contribution in [2.24, 2.45) is 5.92 Å². The van der Waals surface area contributed by atoms with Crippen LogP contribution in [0.4, 0.5) is 4.79 Å². The Morgan fingerprint density at radius 1 is 1.10 bits per heavy atom. The Morgan fingerprint density at radius 2 is 1.77 bits per heavy atom. The summed E-state index contributed by atoms with van der Waals surface area (Å²) in [6.45, 7) is 6.17. The fourth-order valence-electron chi connectivity index (χ4n) is 5.14. The van der Waals surface area contributed by atoms with Crippen molar-refractivity contribution in [3.63, 3.8) is 0 Å². The van der Waals surface area contributed by atoms with Crippen LogP contribution >= 0.6 is 0 Å². The van der Waals surface area contributed by atoms with Crippen molar-refractivity contribution >= 4 is 17.7 Å². The summed E-state index contributed by atoms with van der Waals surface area (Å²) in [4.78, 5) is 40.1. The van der Waals surface area contributed by atoms with Gasteiger partial charge in [-0.1, -0.05) is 49.6 Å². The molecule has 1 aromatic carbocycles. The molecule has 164 valence electrons. The molecule has 2 aromatic rings. The van der Waals surface area contributed by atoms with Crippen molar-refractivity contribution in [3.8, 4) is 0 Å². The van der Waals surface area contributed by atoms with Crippen molar-refractivity contribution in [3.05, 3.63) is 58.9 Å². The number of imide groups is 1. The number of aryl methyl sites for hydroxylation is 1. The Labute approximate surface area is 183 Å². The molecule has 2 fully saturated rings. The second-order valence-corrected chi connectivity index (χ2v) is 9.14. The largest absolute Gasteiger partial charge is 0.344 e. The number of nitrogens with zero attached hydrogens (tertiary/aromatic N) is 2.